The molecule has 0 atom stereocenters. The fourth-order valence-electron chi connectivity index (χ4n) is 1.50. The molecule has 1 nitrogen and oxygen atoms in total. The number of alkyl halides is 1. The first-order chi connectivity index (χ1) is 6.18. The average Bonchev–Trinajstić information content (AvgIpc) is 2.84. The lowest BCUT2D eigenvalue weighted by atomic mass is 10.1. The van der Waals surface area contributed by atoms with Crippen LogP contribution in [0.15, 0.2) is 0 Å². The molecular weight excluding hydrogens is 273 g/mol. The summed E-state index contributed by atoms with van der Waals surface area (Å²) >= 11 is 2.54. The van der Waals surface area contributed by atoms with Crippen molar-refractivity contribution in [2.24, 2.45) is 11.3 Å². The Morgan fingerprint density at radius 2 is 2.00 bits per heavy atom. The predicted octanol–water partition coefficient (Wildman–Crippen LogP) is 3.23. The van der Waals surface area contributed by atoms with Gasteiger partial charge in [-0.15, -0.1) is 0 Å². The van der Waals surface area contributed by atoms with Crippen molar-refractivity contribution in [2.45, 2.75) is 39.5 Å². The van der Waals surface area contributed by atoms with E-state index in [0.717, 1.165) is 11.3 Å². The van der Waals surface area contributed by atoms with Crippen molar-refractivity contribution in [1.82, 2.24) is 5.32 Å². The smallest absolute Gasteiger partial charge is 0.00524 e. The Morgan fingerprint density at radius 1 is 1.31 bits per heavy atom. The summed E-state index contributed by atoms with van der Waals surface area (Å²) in [5.41, 5.74) is 0.755. The molecule has 0 aromatic heterocycles. The molecule has 1 fully saturated rings. The van der Waals surface area contributed by atoms with Crippen LogP contribution in [0.1, 0.15) is 39.5 Å². The van der Waals surface area contributed by atoms with Gasteiger partial charge in [0.25, 0.3) is 0 Å². The van der Waals surface area contributed by atoms with Crippen LogP contribution in [-0.4, -0.2) is 17.5 Å². The maximum absolute atomic E-state index is 3.54. The zero-order chi connectivity index (χ0) is 9.73. The molecule has 0 unspecified atom stereocenters. The first kappa shape index (κ1) is 11.8. The van der Waals surface area contributed by atoms with Gasteiger partial charge in [-0.2, -0.15) is 0 Å². The highest BCUT2D eigenvalue weighted by Gasteiger charge is 2.40. The second-order valence-electron chi connectivity index (χ2n) is 4.82. The van der Waals surface area contributed by atoms with Crippen molar-refractivity contribution in [2.75, 3.05) is 17.5 Å². The lowest BCUT2D eigenvalue weighted by Crippen LogP contribution is -2.21. The molecule has 0 amide bonds. The molecule has 13 heavy (non-hydrogen) atoms. The SMILES string of the molecule is CC(C)CCNCCC1(CI)CC1. The van der Waals surface area contributed by atoms with Gasteiger partial charge in [0.05, 0.1) is 0 Å². The Labute approximate surface area is 96.2 Å². The third kappa shape index (κ3) is 4.63. The first-order valence-corrected chi connectivity index (χ1v) is 6.98. The topological polar surface area (TPSA) is 12.0 Å². The number of nitrogens with one attached hydrogen (secondary N) is 1. The molecule has 0 aliphatic heterocycles. The Balaban J connectivity index is 1.90. The van der Waals surface area contributed by atoms with Gasteiger partial charge in [0.15, 0.2) is 0 Å². The zero-order valence-corrected chi connectivity index (χ0v) is 11.1. The molecule has 1 aliphatic carbocycles. The molecule has 78 valence electrons. The number of hydrogen-bond acceptors (Lipinski definition) is 1. The second-order valence-corrected chi connectivity index (χ2v) is 5.58. The first-order valence-electron chi connectivity index (χ1n) is 5.45. The highest BCUT2D eigenvalue weighted by molar-refractivity contribution is 14.1. The van der Waals surface area contributed by atoms with Gasteiger partial charge < -0.3 is 5.32 Å². The van der Waals surface area contributed by atoms with Crippen molar-refractivity contribution < 1.29 is 0 Å². The predicted molar refractivity (Wildman–Crippen MR) is 67.5 cm³/mol. The van der Waals surface area contributed by atoms with Crippen LogP contribution in [0.25, 0.3) is 0 Å². The maximum Gasteiger partial charge on any atom is 0.00524 e. The van der Waals surface area contributed by atoms with E-state index >= 15 is 0 Å². The summed E-state index contributed by atoms with van der Waals surface area (Å²) in [6.07, 6.45) is 5.66. The molecule has 1 saturated carbocycles. The van der Waals surface area contributed by atoms with E-state index in [-0.39, 0.29) is 0 Å². The van der Waals surface area contributed by atoms with Crippen LogP contribution in [0, 0.1) is 11.3 Å². The number of halogens is 1. The van der Waals surface area contributed by atoms with Crippen LogP contribution >= 0.6 is 22.6 Å². The summed E-state index contributed by atoms with van der Waals surface area (Å²) in [5.74, 6) is 0.840. The quantitative estimate of drug-likeness (QED) is 0.432. The van der Waals surface area contributed by atoms with Crippen molar-refractivity contribution in [3.8, 4) is 0 Å². The van der Waals surface area contributed by atoms with Crippen molar-refractivity contribution >= 4 is 22.6 Å². The molecule has 0 bridgehead atoms. The Kier molecular flexibility index (Phi) is 5.01. The van der Waals surface area contributed by atoms with Gasteiger partial charge in [0.1, 0.15) is 0 Å². The molecule has 1 rings (SSSR count). The van der Waals surface area contributed by atoms with E-state index in [4.69, 9.17) is 0 Å². The van der Waals surface area contributed by atoms with Gasteiger partial charge in [-0.1, -0.05) is 36.4 Å². The molecule has 0 saturated heterocycles. The average molecular weight is 295 g/mol. The fraction of sp³-hybridized carbons (Fsp3) is 1.00. The minimum Gasteiger partial charge on any atom is -0.317 e. The van der Waals surface area contributed by atoms with E-state index in [1.807, 2.05) is 0 Å². The van der Waals surface area contributed by atoms with E-state index in [0.29, 0.717) is 0 Å². The molecule has 2 heteroatoms. The van der Waals surface area contributed by atoms with Crippen LogP contribution in [0.4, 0.5) is 0 Å². The van der Waals surface area contributed by atoms with Crippen LogP contribution < -0.4 is 5.32 Å². The summed E-state index contributed by atoms with van der Waals surface area (Å²) in [6.45, 7) is 7.01. The lowest BCUT2D eigenvalue weighted by Gasteiger charge is -2.12. The minimum absolute atomic E-state index is 0.755. The van der Waals surface area contributed by atoms with Crippen LogP contribution in [-0.2, 0) is 0 Å². The lowest BCUT2D eigenvalue weighted by molar-refractivity contribution is 0.476. The number of rotatable bonds is 7. The normalized spacial score (nSPS) is 19.4. The highest BCUT2D eigenvalue weighted by atomic mass is 127. The monoisotopic (exact) mass is 295 g/mol. The second kappa shape index (κ2) is 5.54. The van der Waals surface area contributed by atoms with Gasteiger partial charge in [0.2, 0.25) is 0 Å². The standard InChI is InChI=1S/C11H22IN/c1-10(2)3-7-13-8-6-11(9-12)4-5-11/h10,13H,3-9H2,1-2H3. The van der Waals surface area contributed by atoms with E-state index in [1.54, 1.807) is 0 Å². The molecule has 1 N–H and O–H groups in total. The molecule has 0 heterocycles. The van der Waals surface area contributed by atoms with Gasteiger partial charge >= 0.3 is 0 Å². The Bertz CT molecular complexity index is 141. The third-order valence-corrected chi connectivity index (χ3v) is 4.59. The van der Waals surface area contributed by atoms with E-state index < -0.39 is 0 Å². The molecule has 0 aromatic carbocycles. The zero-order valence-electron chi connectivity index (χ0n) is 8.91. The van der Waals surface area contributed by atoms with Crippen LogP contribution in [0.3, 0.4) is 0 Å². The summed E-state index contributed by atoms with van der Waals surface area (Å²) in [7, 11) is 0. The van der Waals surface area contributed by atoms with Gasteiger partial charge in [0, 0.05) is 4.43 Å². The van der Waals surface area contributed by atoms with Gasteiger partial charge in [-0.05, 0) is 50.1 Å². The van der Waals surface area contributed by atoms with Gasteiger partial charge in [-0.25, -0.2) is 0 Å². The van der Waals surface area contributed by atoms with Gasteiger partial charge in [-0.3, -0.25) is 0 Å². The molecule has 0 radical (unpaired) electrons. The summed E-state index contributed by atoms with van der Waals surface area (Å²) in [5, 5.41) is 3.54. The molecule has 0 spiro atoms. The molecular formula is C11H22IN. The fourth-order valence-corrected chi connectivity index (χ4v) is 2.64. The third-order valence-electron chi connectivity index (χ3n) is 2.97. The molecule has 1 aliphatic rings. The Morgan fingerprint density at radius 3 is 2.46 bits per heavy atom. The van der Waals surface area contributed by atoms with Crippen molar-refractivity contribution in [3.05, 3.63) is 0 Å². The summed E-state index contributed by atoms with van der Waals surface area (Å²) in [4.78, 5) is 0. The summed E-state index contributed by atoms with van der Waals surface area (Å²) in [6, 6.07) is 0. The van der Waals surface area contributed by atoms with Crippen LogP contribution in [0.5, 0.6) is 0 Å². The number of hydrogen-bond donors (Lipinski definition) is 1. The van der Waals surface area contributed by atoms with E-state index in [9.17, 15) is 0 Å². The molecule has 0 aromatic rings. The summed E-state index contributed by atoms with van der Waals surface area (Å²) < 4.78 is 1.36. The largest absolute Gasteiger partial charge is 0.317 e. The van der Waals surface area contributed by atoms with Crippen molar-refractivity contribution in [1.29, 1.82) is 0 Å². The highest BCUT2D eigenvalue weighted by Crippen LogP contribution is 2.49. The minimum atomic E-state index is 0.755. The Hall–Kier alpha value is 0.690. The van der Waals surface area contributed by atoms with E-state index in [2.05, 4.69) is 41.8 Å². The van der Waals surface area contributed by atoms with E-state index in [1.165, 1.54) is 43.2 Å². The van der Waals surface area contributed by atoms with Crippen LogP contribution in [0.2, 0.25) is 0 Å². The van der Waals surface area contributed by atoms with Crippen molar-refractivity contribution in [3.63, 3.8) is 0 Å². The maximum atomic E-state index is 3.54.